The number of benzene rings is 2. The van der Waals surface area contributed by atoms with Gasteiger partial charge in [0, 0.05) is 10.9 Å². The Morgan fingerprint density at radius 1 is 1.18 bits per heavy atom. The molecule has 0 radical (unpaired) electrons. The number of rotatable bonds is 4. The molecule has 140 valence electrons. The van der Waals surface area contributed by atoms with Gasteiger partial charge in [0.2, 0.25) is 0 Å². The lowest BCUT2D eigenvalue weighted by atomic mass is 10.0. The molecule has 2 aromatic carbocycles. The number of nitrogens with zero attached hydrogens (tertiary/aromatic N) is 2. The topological polar surface area (TPSA) is 106 Å². The number of anilines is 1. The number of aromatic hydroxyl groups is 2. The lowest BCUT2D eigenvalue weighted by Gasteiger charge is -2.04. The average molecular weight is 391 g/mol. The summed E-state index contributed by atoms with van der Waals surface area (Å²) >= 11 is 1.20. The van der Waals surface area contributed by atoms with Crippen molar-refractivity contribution in [2.24, 2.45) is 0 Å². The molecule has 1 amide bonds. The largest absolute Gasteiger partial charge is 0.504 e. The normalized spacial score (nSPS) is 11.1. The predicted molar refractivity (Wildman–Crippen MR) is 109 cm³/mol. The van der Waals surface area contributed by atoms with Crippen molar-refractivity contribution >= 4 is 28.5 Å². The minimum Gasteiger partial charge on any atom is -0.504 e. The van der Waals surface area contributed by atoms with Gasteiger partial charge in [0.15, 0.2) is 16.6 Å². The van der Waals surface area contributed by atoms with Crippen LogP contribution < -0.4 is 5.32 Å². The summed E-state index contributed by atoms with van der Waals surface area (Å²) in [6.07, 6.45) is 1.56. The van der Waals surface area contributed by atoms with Crippen molar-refractivity contribution in [1.29, 1.82) is 5.26 Å². The molecule has 28 heavy (non-hydrogen) atoms. The first kappa shape index (κ1) is 19.1. The van der Waals surface area contributed by atoms with E-state index in [1.54, 1.807) is 17.5 Å². The lowest BCUT2D eigenvalue weighted by molar-refractivity contribution is -0.112. The van der Waals surface area contributed by atoms with E-state index < -0.39 is 5.91 Å². The highest BCUT2D eigenvalue weighted by Crippen LogP contribution is 2.32. The monoisotopic (exact) mass is 391 g/mol. The van der Waals surface area contributed by atoms with Gasteiger partial charge in [-0.2, -0.15) is 5.26 Å². The lowest BCUT2D eigenvalue weighted by Crippen LogP contribution is -2.13. The van der Waals surface area contributed by atoms with Crippen molar-refractivity contribution in [2.75, 3.05) is 5.32 Å². The SMILES string of the molecule is Cc1ccc(C)c(/C=C(\C#N)C(=O)Nc2nc(-c3ccc(O)c(O)c3)cs2)c1. The first-order valence-electron chi connectivity index (χ1n) is 8.35. The van der Waals surface area contributed by atoms with Gasteiger partial charge in [-0.15, -0.1) is 11.3 Å². The van der Waals surface area contributed by atoms with Crippen LogP contribution in [0.4, 0.5) is 5.13 Å². The number of hydrogen-bond acceptors (Lipinski definition) is 6. The van der Waals surface area contributed by atoms with E-state index in [4.69, 9.17) is 0 Å². The maximum Gasteiger partial charge on any atom is 0.268 e. The molecule has 0 aliphatic carbocycles. The number of phenols is 2. The molecule has 0 unspecified atom stereocenters. The number of carbonyl (C=O) groups excluding carboxylic acids is 1. The number of amides is 1. The molecule has 1 aromatic heterocycles. The zero-order chi connectivity index (χ0) is 20.3. The Bertz CT molecular complexity index is 1130. The fourth-order valence-electron chi connectivity index (χ4n) is 2.53. The van der Waals surface area contributed by atoms with Crippen LogP contribution in [0.15, 0.2) is 47.4 Å². The summed E-state index contributed by atoms with van der Waals surface area (Å²) in [6.45, 7) is 3.86. The summed E-state index contributed by atoms with van der Waals surface area (Å²) in [5.41, 5.74) is 3.93. The number of nitrogens with one attached hydrogen (secondary N) is 1. The summed E-state index contributed by atoms with van der Waals surface area (Å²) in [6, 6.07) is 12.1. The van der Waals surface area contributed by atoms with Crippen LogP contribution in [0.2, 0.25) is 0 Å². The Balaban J connectivity index is 1.81. The fraction of sp³-hybridized carbons (Fsp3) is 0.0952. The summed E-state index contributed by atoms with van der Waals surface area (Å²) in [5.74, 6) is -1.01. The number of aryl methyl sites for hydroxylation is 2. The minimum atomic E-state index is -0.544. The van der Waals surface area contributed by atoms with Crippen LogP contribution in [0.5, 0.6) is 11.5 Å². The molecule has 0 atom stereocenters. The van der Waals surface area contributed by atoms with Gasteiger partial charge in [0.05, 0.1) is 5.69 Å². The van der Waals surface area contributed by atoms with Gasteiger partial charge in [0.1, 0.15) is 11.6 Å². The van der Waals surface area contributed by atoms with Crippen LogP contribution in [0.25, 0.3) is 17.3 Å². The molecule has 0 aliphatic heterocycles. The third-order valence-corrected chi connectivity index (χ3v) is 4.85. The number of phenolic OH excluding ortho intramolecular Hbond substituents is 2. The molecule has 3 rings (SSSR count). The van der Waals surface area contributed by atoms with Crippen LogP contribution in [-0.4, -0.2) is 21.1 Å². The predicted octanol–water partition coefficient (Wildman–Crippen LogP) is 4.38. The summed E-state index contributed by atoms with van der Waals surface area (Å²) in [5, 5.41) is 33.1. The number of aromatic nitrogens is 1. The van der Waals surface area contributed by atoms with Gasteiger partial charge >= 0.3 is 0 Å². The highest BCUT2D eigenvalue weighted by Gasteiger charge is 2.14. The van der Waals surface area contributed by atoms with Gasteiger partial charge in [-0.25, -0.2) is 4.98 Å². The van der Waals surface area contributed by atoms with Crippen LogP contribution in [0.3, 0.4) is 0 Å². The first-order valence-corrected chi connectivity index (χ1v) is 9.23. The van der Waals surface area contributed by atoms with Crippen molar-refractivity contribution in [3.8, 4) is 28.8 Å². The third-order valence-electron chi connectivity index (χ3n) is 4.10. The van der Waals surface area contributed by atoms with Crippen LogP contribution in [0, 0.1) is 25.2 Å². The molecule has 0 aliphatic rings. The van der Waals surface area contributed by atoms with E-state index in [1.807, 2.05) is 38.1 Å². The molecule has 6 nitrogen and oxygen atoms in total. The zero-order valence-electron chi connectivity index (χ0n) is 15.2. The number of carbonyl (C=O) groups is 1. The van der Waals surface area contributed by atoms with Crippen molar-refractivity contribution in [1.82, 2.24) is 4.98 Å². The number of thiazole rings is 1. The van der Waals surface area contributed by atoms with Crippen LogP contribution in [-0.2, 0) is 4.79 Å². The van der Waals surface area contributed by atoms with Gasteiger partial charge in [0.25, 0.3) is 5.91 Å². The van der Waals surface area contributed by atoms with Crippen molar-refractivity contribution in [2.45, 2.75) is 13.8 Å². The first-order chi connectivity index (χ1) is 13.4. The van der Waals surface area contributed by atoms with E-state index in [0.29, 0.717) is 16.4 Å². The Morgan fingerprint density at radius 2 is 1.96 bits per heavy atom. The van der Waals surface area contributed by atoms with Gasteiger partial charge in [-0.05, 0) is 49.2 Å². The Morgan fingerprint density at radius 3 is 2.68 bits per heavy atom. The van der Waals surface area contributed by atoms with Crippen molar-refractivity contribution < 1.29 is 15.0 Å². The number of nitriles is 1. The Kier molecular flexibility index (Phi) is 5.43. The van der Waals surface area contributed by atoms with Crippen molar-refractivity contribution in [3.05, 3.63) is 64.0 Å². The molecule has 0 bridgehead atoms. The van der Waals surface area contributed by atoms with E-state index in [-0.39, 0.29) is 17.1 Å². The van der Waals surface area contributed by atoms with Crippen LogP contribution >= 0.6 is 11.3 Å². The molecule has 7 heteroatoms. The Labute approximate surface area is 166 Å². The molecule has 1 heterocycles. The number of hydrogen-bond donors (Lipinski definition) is 3. The molecule has 0 fully saturated rings. The fourth-order valence-corrected chi connectivity index (χ4v) is 3.25. The van der Waals surface area contributed by atoms with Gasteiger partial charge in [-0.3, -0.25) is 10.1 Å². The smallest absolute Gasteiger partial charge is 0.268 e. The molecule has 3 N–H and O–H groups in total. The highest BCUT2D eigenvalue weighted by molar-refractivity contribution is 7.14. The molecular weight excluding hydrogens is 374 g/mol. The molecule has 0 saturated heterocycles. The van der Waals surface area contributed by atoms with E-state index in [0.717, 1.165) is 16.7 Å². The summed E-state index contributed by atoms with van der Waals surface area (Å²) in [7, 11) is 0. The second-order valence-electron chi connectivity index (χ2n) is 6.23. The van der Waals surface area contributed by atoms with E-state index in [9.17, 15) is 20.3 Å². The molecule has 0 spiro atoms. The third kappa shape index (κ3) is 4.19. The average Bonchev–Trinajstić information content (AvgIpc) is 3.13. The maximum absolute atomic E-state index is 12.5. The standard InChI is InChI=1S/C21H17N3O3S/c1-12-3-4-13(2)15(7-12)8-16(10-22)20(27)24-21-23-17(11-28-21)14-5-6-18(25)19(26)9-14/h3-9,11,25-26H,1-2H3,(H,23,24,27)/b16-8+. The summed E-state index contributed by atoms with van der Waals surface area (Å²) in [4.78, 5) is 16.8. The molecule has 0 saturated carbocycles. The zero-order valence-corrected chi connectivity index (χ0v) is 16.0. The van der Waals surface area contributed by atoms with E-state index in [2.05, 4.69) is 10.3 Å². The Hall–Kier alpha value is -3.63. The second kappa shape index (κ2) is 7.94. The minimum absolute atomic E-state index is 0.0206. The van der Waals surface area contributed by atoms with E-state index in [1.165, 1.54) is 23.5 Å². The molecule has 3 aromatic rings. The second-order valence-corrected chi connectivity index (χ2v) is 7.08. The van der Waals surface area contributed by atoms with Crippen molar-refractivity contribution in [3.63, 3.8) is 0 Å². The molecular formula is C21H17N3O3S. The van der Waals surface area contributed by atoms with Crippen LogP contribution in [0.1, 0.15) is 16.7 Å². The highest BCUT2D eigenvalue weighted by atomic mass is 32.1. The quantitative estimate of drug-likeness (QED) is 0.348. The summed E-state index contributed by atoms with van der Waals surface area (Å²) < 4.78 is 0. The maximum atomic E-state index is 12.5. The van der Waals surface area contributed by atoms with E-state index >= 15 is 0 Å². The van der Waals surface area contributed by atoms with Gasteiger partial charge < -0.3 is 10.2 Å². The van der Waals surface area contributed by atoms with Gasteiger partial charge in [-0.1, -0.05) is 23.8 Å².